The van der Waals surface area contributed by atoms with Crippen molar-refractivity contribution >= 4 is 33.8 Å². The SMILES string of the molecule is CC(CNC(=O)Cc1csc2nc(-c3ccc(Cl)cc3)cn12)c1ccccc1. The molecule has 2 heterocycles. The highest BCUT2D eigenvalue weighted by Crippen LogP contribution is 2.25. The molecule has 28 heavy (non-hydrogen) atoms. The highest BCUT2D eigenvalue weighted by Gasteiger charge is 2.13. The van der Waals surface area contributed by atoms with E-state index >= 15 is 0 Å². The summed E-state index contributed by atoms with van der Waals surface area (Å²) < 4.78 is 1.99. The van der Waals surface area contributed by atoms with Gasteiger partial charge in [0.1, 0.15) is 0 Å². The van der Waals surface area contributed by atoms with Crippen LogP contribution in [0.1, 0.15) is 24.1 Å². The average Bonchev–Trinajstić information content (AvgIpc) is 3.29. The molecule has 4 nitrogen and oxygen atoms in total. The summed E-state index contributed by atoms with van der Waals surface area (Å²) in [6.07, 6.45) is 2.31. The van der Waals surface area contributed by atoms with Crippen LogP contribution in [0.25, 0.3) is 16.2 Å². The minimum Gasteiger partial charge on any atom is -0.355 e. The number of carbonyl (C=O) groups excluding carboxylic acids is 1. The number of thiazole rings is 1. The van der Waals surface area contributed by atoms with Gasteiger partial charge in [0.25, 0.3) is 0 Å². The molecule has 1 unspecified atom stereocenters. The van der Waals surface area contributed by atoms with Gasteiger partial charge in [0, 0.05) is 34.4 Å². The molecular formula is C22H20ClN3OS. The second kappa shape index (κ2) is 8.17. The molecule has 0 spiro atoms. The average molecular weight is 410 g/mol. The minimum absolute atomic E-state index is 0.0178. The largest absolute Gasteiger partial charge is 0.355 e. The molecule has 1 amide bonds. The molecule has 0 aliphatic rings. The van der Waals surface area contributed by atoms with Crippen molar-refractivity contribution in [2.24, 2.45) is 0 Å². The summed E-state index contributed by atoms with van der Waals surface area (Å²) in [5.74, 6) is 0.293. The van der Waals surface area contributed by atoms with Crippen molar-refractivity contribution in [1.82, 2.24) is 14.7 Å². The standard InChI is InChI=1S/C22H20ClN3OS/c1-15(16-5-3-2-4-6-16)12-24-21(27)11-19-14-28-22-25-20(13-26(19)22)17-7-9-18(23)10-8-17/h2-10,13-15H,11-12H2,1H3,(H,24,27). The molecule has 0 saturated carbocycles. The lowest BCUT2D eigenvalue weighted by atomic mass is 10.0. The second-order valence-electron chi connectivity index (χ2n) is 6.81. The lowest BCUT2D eigenvalue weighted by molar-refractivity contribution is -0.120. The zero-order valence-electron chi connectivity index (χ0n) is 15.4. The normalized spacial score (nSPS) is 12.2. The Kier molecular flexibility index (Phi) is 5.46. The Labute approximate surface area is 172 Å². The van der Waals surface area contributed by atoms with Gasteiger partial charge in [-0.1, -0.05) is 61.0 Å². The smallest absolute Gasteiger partial charge is 0.226 e. The van der Waals surface area contributed by atoms with Crippen LogP contribution in [0.3, 0.4) is 0 Å². The van der Waals surface area contributed by atoms with Crippen LogP contribution in [0.4, 0.5) is 0 Å². The van der Waals surface area contributed by atoms with E-state index in [4.69, 9.17) is 11.6 Å². The summed E-state index contributed by atoms with van der Waals surface area (Å²) in [4.78, 5) is 18.0. The van der Waals surface area contributed by atoms with Crippen LogP contribution >= 0.6 is 22.9 Å². The molecule has 1 atom stereocenters. The number of imidazole rings is 1. The van der Waals surface area contributed by atoms with E-state index in [9.17, 15) is 4.79 Å². The highest BCUT2D eigenvalue weighted by molar-refractivity contribution is 7.15. The molecule has 4 aromatic rings. The predicted octanol–water partition coefficient (Wildman–Crippen LogP) is 5.18. The van der Waals surface area contributed by atoms with Crippen LogP contribution in [-0.2, 0) is 11.2 Å². The minimum atomic E-state index is 0.0178. The first-order chi connectivity index (χ1) is 13.6. The molecule has 2 aromatic heterocycles. The van der Waals surface area contributed by atoms with Gasteiger partial charge in [0.15, 0.2) is 4.96 Å². The summed E-state index contributed by atoms with van der Waals surface area (Å²) >= 11 is 7.50. The molecule has 0 bridgehead atoms. The molecule has 1 N–H and O–H groups in total. The molecule has 2 aromatic carbocycles. The van der Waals surface area contributed by atoms with E-state index in [2.05, 4.69) is 29.4 Å². The van der Waals surface area contributed by atoms with Gasteiger partial charge in [-0.15, -0.1) is 11.3 Å². The molecule has 0 fully saturated rings. The van der Waals surface area contributed by atoms with Crippen LogP contribution < -0.4 is 5.32 Å². The van der Waals surface area contributed by atoms with Crippen molar-refractivity contribution in [3.8, 4) is 11.3 Å². The number of amides is 1. The number of nitrogens with one attached hydrogen (secondary N) is 1. The van der Waals surface area contributed by atoms with Crippen LogP contribution in [0.2, 0.25) is 5.02 Å². The summed E-state index contributed by atoms with van der Waals surface area (Å²) in [6.45, 7) is 2.74. The van der Waals surface area contributed by atoms with Gasteiger partial charge in [0.05, 0.1) is 12.1 Å². The lowest BCUT2D eigenvalue weighted by Gasteiger charge is -2.12. The molecule has 0 saturated heterocycles. The quantitative estimate of drug-likeness (QED) is 0.477. The zero-order valence-corrected chi connectivity index (χ0v) is 17.0. The van der Waals surface area contributed by atoms with E-state index in [1.165, 1.54) is 5.56 Å². The molecule has 0 aliphatic heterocycles. The van der Waals surface area contributed by atoms with Gasteiger partial charge in [-0.3, -0.25) is 9.20 Å². The number of halogens is 1. The van der Waals surface area contributed by atoms with Crippen molar-refractivity contribution in [3.05, 3.63) is 82.5 Å². The predicted molar refractivity (Wildman–Crippen MR) is 115 cm³/mol. The van der Waals surface area contributed by atoms with Gasteiger partial charge >= 0.3 is 0 Å². The fraction of sp³-hybridized carbons (Fsp3) is 0.182. The van der Waals surface area contributed by atoms with Crippen molar-refractivity contribution < 1.29 is 4.79 Å². The Morgan fingerprint density at radius 3 is 2.68 bits per heavy atom. The zero-order chi connectivity index (χ0) is 19.5. The third-order valence-electron chi connectivity index (χ3n) is 4.74. The Balaban J connectivity index is 1.43. The second-order valence-corrected chi connectivity index (χ2v) is 8.08. The van der Waals surface area contributed by atoms with E-state index in [1.807, 2.05) is 58.4 Å². The number of fused-ring (bicyclic) bond motifs is 1. The first-order valence-electron chi connectivity index (χ1n) is 9.13. The summed E-state index contributed by atoms with van der Waals surface area (Å²) in [7, 11) is 0. The number of carbonyl (C=O) groups is 1. The number of nitrogens with zero attached hydrogens (tertiary/aromatic N) is 2. The number of hydrogen-bond donors (Lipinski definition) is 1. The Morgan fingerprint density at radius 2 is 1.93 bits per heavy atom. The monoisotopic (exact) mass is 409 g/mol. The Bertz CT molecular complexity index is 1090. The number of aromatic nitrogens is 2. The maximum Gasteiger partial charge on any atom is 0.226 e. The molecule has 6 heteroatoms. The third-order valence-corrected chi connectivity index (χ3v) is 5.88. The topological polar surface area (TPSA) is 46.4 Å². The van der Waals surface area contributed by atoms with Gasteiger partial charge in [-0.25, -0.2) is 4.98 Å². The number of rotatable bonds is 6. The number of hydrogen-bond acceptors (Lipinski definition) is 3. The van der Waals surface area contributed by atoms with Gasteiger partial charge in [-0.2, -0.15) is 0 Å². The van der Waals surface area contributed by atoms with Crippen LogP contribution in [0.5, 0.6) is 0 Å². The maximum absolute atomic E-state index is 12.4. The lowest BCUT2D eigenvalue weighted by Crippen LogP contribution is -2.29. The van der Waals surface area contributed by atoms with Crippen molar-refractivity contribution in [2.45, 2.75) is 19.3 Å². The number of benzene rings is 2. The fourth-order valence-electron chi connectivity index (χ4n) is 3.11. The van der Waals surface area contributed by atoms with Crippen LogP contribution in [0.15, 0.2) is 66.2 Å². The van der Waals surface area contributed by atoms with E-state index in [0.717, 1.165) is 21.9 Å². The van der Waals surface area contributed by atoms with Crippen LogP contribution in [-0.4, -0.2) is 21.8 Å². The van der Waals surface area contributed by atoms with Gasteiger partial charge in [0.2, 0.25) is 5.91 Å². The molecule has 0 radical (unpaired) electrons. The van der Waals surface area contributed by atoms with Crippen molar-refractivity contribution in [3.63, 3.8) is 0 Å². The van der Waals surface area contributed by atoms with Crippen LogP contribution in [0, 0.1) is 0 Å². The first kappa shape index (κ1) is 18.7. The van der Waals surface area contributed by atoms with Crippen molar-refractivity contribution in [2.75, 3.05) is 6.54 Å². The summed E-state index contributed by atoms with van der Waals surface area (Å²) in [5.41, 5.74) is 4.05. The summed E-state index contributed by atoms with van der Waals surface area (Å²) in [5, 5.41) is 5.74. The first-order valence-corrected chi connectivity index (χ1v) is 10.4. The van der Waals surface area contributed by atoms with E-state index in [-0.39, 0.29) is 11.8 Å². The van der Waals surface area contributed by atoms with Crippen molar-refractivity contribution in [1.29, 1.82) is 0 Å². The summed E-state index contributed by atoms with van der Waals surface area (Å²) in [6, 6.07) is 17.8. The van der Waals surface area contributed by atoms with E-state index < -0.39 is 0 Å². The molecule has 142 valence electrons. The van der Waals surface area contributed by atoms with Gasteiger partial charge in [-0.05, 0) is 23.6 Å². The molecule has 4 rings (SSSR count). The third kappa shape index (κ3) is 4.11. The highest BCUT2D eigenvalue weighted by atomic mass is 35.5. The van der Waals surface area contributed by atoms with E-state index in [0.29, 0.717) is 18.0 Å². The van der Waals surface area contributed by atoms with E-state index in [1.54, 1.807) is 11.3 Å². The van der Waals surface area contributed by atoms with Gasteiger partial charge < -0.3 is 5.32 Å². The molecular weight excluding hydrogens is 390 g/mol. The Morgan fingerprint density at radius 1 is 1.18 bits per heavy atom. The Hall–Kier alpha value is -2.63. The maximum atomic E-state index is 12.4. The fourth-order valence-corrected chi connectivity index (χ4v) is 4.11. The molecule has 0 aliphatic carbocycles.